The molecule has 18 heavy (non-hydrogen) atoms. The Morgan fingerprint density at radius 3 is 2.83 bits per heavy atom. The maximum Gasteiger partial charge on any atom is 0.358 e. The van der Waals surface area contributed by atoms with Crippen molar-refractivity contribution in [2.24, 2.45) is 0 Å². The molecule has 1 aromatic carbocycles. The Labute approximate surface area is 109 Å². The number of aromatic nitrogens is 2. The first kappa shape index (κ1) is 12.4. The van der Waals surface area contributed by atoms with Crippen molar-refractivity contribution < 1.29 is 14.6 Å². The third-order valence-corrected chi connectivity index (χ3v) is 2.79. The van der Waals surface area contributed by atoms with Gasteiger partial charge in [0.1, 0.15) is 0 Å². The Balaban J connectivity index is 2.58. The van der Waals surface area contributed by atoms with Crippen LogP contribution in [-0.2, 0) is 4.74 Å². The number of ether oxygens (including phenoxy) is 1. The minimum Gasteiger partial charge on any atom is -0.493 e. The number of benzene rings is 1. The Hall–Kier alpha value is -2.01. The molecule has 0 saturated carbocycles. The second-order valence-electron chi connectivity index (χ2n) is 3.70. The van der Waals surface area contributed by atoms with Crippen molar-refractivity contribution in [3.05, 3.63) is 40.5 Å². The number of halogens is 1. The number of aromatic hydroxyl groups is 1. The van der Waals surface area contributed by atoms with Crippen LogP contribution in [0.25, 0.3) is 5.69 Å². The Kier molecular flexibility index (Phi) is 3.25. The topological polar surface area (TPSA) is 64.3 Å². The van der Waals surface area contributed by atoms with E-state index in [1.165, 1.54) is 17.9 Å². The van der Waals surface area contributed by atoms with E-state index < -0.39 is 5.97 Å². The summed E-state index contributed by atoms with van der Waals surface area (Å²) in [5.74, 6) is -0.791. The van der Waals surface area contributed by atoms with Gasteiger partial charge in [0.25, 0.3) is 0 Å². The SMILES string of the molecule is COC(=O)c1cc(O)n(-c2c(C)cccc2Cl)n1. The second-order valence-corrected chi connectivity index (χ2v) is 4.10. The summed E-state index contributed by atoms with van der Waals surface area (Å²) in [6.45, 7) is 1.83. The van der Waals surface area contributed by atoms with Crippen molar-refractivity contribution in [2.75, 3.05) is 7.11 Å². The van der Waals surface area contributed by atoms with Crippen LogP contribution >= 0.6 is 11.6 Å². The van der Waals surface area contributed by atoms with Crippen molar-refractivity contribution >= 4 is 17.6 Å². The molecule has 5 nitrogen and oxygen atoms in total. The predicted molar refractivity (Wildman–Crippen MR) is 66.3 cm³/mol. The van der Waals surface area contributed by atoms with E-state index in [2.05, 4.69) is 9.84 Å². The molecular formula is C12H11ClN2O3. The number of hydrogen-bond donors (Lipinski definition) is 1. The largest absolute Gasteiger partial charge is 0.493 e. The van der Waals surface area contributed by atoms with E-state index in [1.807, 2.05) is 13.0 Å². The van der Waals surface area contributed by atoms with Gasteiger partial charge in [0, 0.05) is 6.07 Å². The summed E-state index contributed by atoms with van der Waals surface area (Å²) in [5.41, 5.74) is 1.39. The minimum absolute atomic E-state index is 0.0225. The van der Waals surface area contributed by atoms with Gasteiger partial charge in [-0.1, -0.05) is 23.7 Å². The first-order valence-electron chi connectivity index (χ1n) is 5.17. The quantitative estimate of drug-likeness (QED) is 0.848. The molecule has 0 radical (unpaired) electrons. The average molecular weight is 267 g/mol. The number of aryl methyl sites for hydroxylation is 1. The highest BCUT2D eigenvalue weighted by atomic mass is 35.5. The fourth-order valence-electron chi connectivity index (χ4n) is 1.63. The Bertz CT molecular complexity index is 587. The lowest BCUT2D eigenvalue weighted by molar-refractivity contribution is 0.0593. The van der Waals surface area contributed by atoms with Crippen molar-refractivity contribution in [3.63, 3.8) is 0 Å². The van der Waals surface area contributed by atoms with E-state index >= 15 is 0 Å². The normalized spacial score (nSPS) is 10.4. The molecule has 0 atom stereocenters. The molecule has 0 aliphatic heterocycles. The molecule has 2 aromatic rings. The molecule has 0 fully saturated rings. The van der Waals surface area contributed by atoms with Crippen LogP contribution in [-0.4, -0.2) is 28.0 Å². The van der Waals surface area contributed by atoms with Crippen molar-refractivity contribution in [1.82, 2.24) is 9.78 Å². The van der Waals surface area contributed by atoms with Crippen LogP contribution in [0, 0.1) is 6.92 Å². The van der Waals surface area contributed by atoms with Gasteiger partial charge in [0.05, 0.1) is 17.8 Å². The molecule has 1 heterocycles. The summed E-state index contributed by atoms with van der Waals surface area (Å²) >= 11 is 6.07. The number of rotatable bonds is 2. The summed E-state index contributed by atoms with van der Waals surface area (Å²) in [6.07, 6.45) is 0. The maximum absolute atomic E-state index is 11.3. The van der Waals surface area contributed by atoms with Crippen LogP contribution in [0.3, 0.4) is 0 Å². The monoisotopic (exact) mass is 266 g/mol. The molecule has 0 saturated heterocycles. The Morgan fingerprint density at radius 2 is 2.22 bits per heavy atom. The van der Waals surface area contributed by atoms with Crippen LogP contribution < -0.4 is 0 Å². The van der Waals surface area contributed by atoms with Crippen LogP contribution in [0.15, 0.2) is 24.3 Å². The van der Waals surface area contributed by atoms with Crippen LogP contribution in [0.1, 0.15) is 16.1 Å². The highest BCUT2D eigenvalue weighted by Crippen LogP contribution is 2.27. The lowest BCUT2D eigenvalue weighted by atomic mass is 10.2. The van der Waals surface area contributed by atoms with Crippen LogP contribution in [0.4, 0.5) is 0 Å². The van der Waals surface area contributed by atoms with Gasteiger partial charge >= 0.3 is 5.97 Å². The van der Waals surface area contributed by atoms with Crippen LogP contribution in [0.2, 0.25) is 5.02 Å². The molecule has 0 bridgehead atoms. The standard InChI is InChI=1S/C12H11ClN2O3/c1-7-4-3-5-8(13)11(7)15-10(16)6-9(14-15)12(17)18-2/h3-6,16H,1-2H3. The van der Waals surface area contributed by atoms with E-state index in [-0.39, 0.29) is 11.6 Å². The molecule has 0 unspecified atom stereocenters. The summed E-state index contributed by atoms with van der Waals surface area (Å²) in [5, 5.41) is 14.2. The van der Waals surface area contributed by atoms with Gasteiger partial charge in [0.15, 0.2) is 5.69 Å². The number of esters is 1. The molecule has 0 spiro atoms. The summed E-state index contributed by atoms with van der Waals surface area (Å²) in [6, 6.07) is 6.54. The fraction of sp³-hybridized carbons (Fsp3) is 0.167. The highest BCUT2D eigenvalue weighted by Gasteiger charge is 2.17. The first-order chi connectivity index (χ1) is 8.54. The summed E-state index contributed by atoms with van der Waals surface area (Å²) in [7, 11) is 1.25. The molecule has 94 valence electrons. The molecule has 0 aliphatic carbocycles. The number of nitrogens with zero attached hydrogens (tertiary/aromatic N) is 2. The van der Waals surface area contributed by atoms with Gasteiger partial charge in [0.2, 0.25) is 5.88 Å². The van der Waals surface area contributed by atoms with Gasteiger partial charge in [-0.25, -0.2) is 4.79 Å². The van der Waals surface area contributed by atoms with Crippen LogP contribution in [0.5, 0.6) is 5.88 Å². The zero-order valence-electron chi connectivity index (χ0n) is 9.85. The first-order valence-corrected chi connectivity index (χ1v) is 5.55. The third kappa shape index (κ3) is 2.04. The van der Waals surface area contributed by atoms with E-state index in [0.29, 0.717) is 10.7 Å². The van der Waals surface area contributed by atoms with E-state index in [1.54, 1.807) is 12.1 Å². The molecular weight excluding hydrogens is 256 g/mol. The second kappa shape index (κ2) is 4.70. The summed E-state index contributed by atoms with van der Waals surface area (Å²) in [4.78, 5) is 11.3. The Morgan fingerprint density at radius 1 is 1.50 bits per heavy atom. The zero-order chi connectivity index (χ0) is 13.3. The smallest absolute Gasteiger partial charge is 0.358 e. The highest BCUT2D eigenvalue weighted by molar-refractivity contribution is 6.32. The molecule has 6 heteroatoms. The number of methoxy groups -OCH3 is 1. The number of hydrogen-bond acceptors (Lipinski definition) is 4. The van der Waals surface area contributed by atoms with E-state index in [0.717, 1.165) is 5.56 Å². The van der Waals surface area contributed by atoms with Gasteiger partial charge in [-0.2, -0.15) is 9.78 Å². The molecule has 1 aromatic heterocycles. The van der Waals surface area contributed by atoms with Gasteiger partial charge < -0.3 is 9.84 Å². The van der Waals surface area contributed by atoms with Gasteiger partial charge in [-0.15, -0.1) is 0 Å². The lowest BCUT2D eigenvalue weighted by Crippen LogP contribution is -2.05. The number of carbonyl (C=O) groups is 1. The van der Waals surface area contributed by atoms with E-state index in [4.69, 9.17) is 11.6 Å². The van der Waals surface area contributed by atoms with Crippen molar-refractivity contribution in [3.8, 4) is 11.6 Å². The molecule has 2 rings (SSSR count). The van der Waals surface area contributed by atoms with Crippen molar-refractivity contribution in [1.29, 1.82) is 0 Å². The summed E-state index contributed by atoms with van der Waals surface area (Å²) < 4.78 is 5.75. The van der Waals surface area contributed by atoms with Crippen molar-refractivity contribution in [2.45, 2.75) is 6.92 Å². The van der Waals surface area contributed by atoms with E-state index in [9.17, 15) is 9.90 Å². The minimum atomic E-state index is -0.617. The van der Waals surface area contributed by atoms with Gasteiger partial charge in [-0.3, -0.25) is 0 Å². The third-order valence-electron chi connectivity index (χ3n) is 2.49. The fourth-order valence-corrected chi connectivity index (χ4v) is 1.93. The number of para-hydroxylation sites is 1. The zero-order valence-corrected chi connectivity index (χ0v) is 10.6. The number of carbonyl (C=O) groups excluding carboxylic acids is 1. The lowest BCUT2D eigenvalue weighted by Gasteiger charge is -2.08. The maximum atomic E-state index is 11.3. The average Bonchev–Trinajstić information content (AvgIpc) is 2.70. The van der Waals surface area contributed by atoms with Gasteiger partial charge in [-0.05, 0) is 18.6 Å². The molecule has 0 amide bonds. The predicted octanol–water partition coefficient (Wildman–Crippen LogP) is 2.33. The molecule has 1 N–H and O–H groups in total. The molecule has 0 aliphatic rings.